The lowest BCUT2D eigenvalue weighted by molar-refractivity contribution is -0.123. The number of hydrogen-bond donors (Lipinski definition) is 0. The Morgan fingerprint density at radius 3 is 2.30 bits per heavy atom. The van der Waals surface area contributed by atoms with E-state index in [4.69, 9.17) is 44.3 Å². The summed E-state index contributed by atoms with van der Waals surface area (Å²) < 4.78 is 11.2. The minimum atomic E-state index is -0.427. The van der Waals surface area contributed by atoms with E-state index in [0.717, 1.165) is 16.7 Å². The molecule has 158 valence electrons. The second kappa shape index (κ2) is 9.96. The number of ether oxygens (including phenoxy) is 2. The van der Waals surface area contributed by atoms with Crippen molar-refractivity contribution in [1.29, 1.82) is 0 Å². The average Bonchev–Trinajstić information content (AvgIpc) is 2.94. The zero-order chi connectivity index (χ0) is 21.8. The van der Waals surface area contributed by atoms with Crippen LogP contribution in [-0.2, 0) is 11.3 Å². The van der Waals surface area contributed by atoms with E-state index >= 15 is 0 Å². The Morgan fingerprint density at radius 1 is 1.00 bits per heavy atom. The standard InChI is InChI=1S/C21H18Cl3NO4S/c1-3-28-17-9-12(8-16(24)19(17)29-4-2)10-18-20(26)25(21(27)30-18)11-13-14(22)6-5-7-15(13)23/h5-10H,3-4,11H2,1-2H3/b18-10-. The molecule has 30 heavy (non-hydrogen) atoms. The minimum absolute atomic E-state index is 0.00522. The summed E-state index contributed by atoms with van der Waals surface area (Å²) in [5, 5.41) is 0.746. The van der Waals surface area contributed by atoms with E-state index in [1.165, 1.54) is 0 Å². The number of carbonyl (C=O) groups excluding carboxylic acids is 2. The van der Waals surface area contributed by atoms with E-state index in [9.17, 15) is 9.59 Å². The molecule has 1 fully saturated rings. The molecular weight excluding hydrogens is 469 g/mol. The fourth-order valence-corrected chi connectivity index (χ4v) is 4.48. The molecule has 0 saturated carbocycles. The predicted octanol–water partition coefficient (Wildman–Crippen LogP) is 6.68. The topological polar surface area (TPSA) is 55.8 Å². The van der Waals surface area contributed by atoms with E-state index in [1.807, 2.05) is 13.8 Å². The van der Waals surface area contributed by atoms with Crippen molar-refractivity contribution in [1.82, 2.24) is 4.90 Å². The molecule has 9 heteroatoms. The highest BCUT2D eigenvalue weighted by Crippen LogP contribution is 2.40. The molecule has 1 heterocycles. The zero-order valence-corrected chi connectivity index (χ0v) is 19.3. The van der Waals surface area contributed by atoms with Gasteiger partial charge in [0.2, 0.25) is 0 Å². The molecule has 0 spiro atoms. The van der Waals surface area contributed by atoms with Crippen molar-refractivity contribution in [3.8, 4) is 11.5 Å². The number of carbonyl (C=O) groups is 2. The third kappa shape index (κ3) is 4.89. The Morgan fingerprint density at radius 2 is 1.67 bits per heavy atom. The van der Waals surface area contributed by atoms with Gasteiger partial charge in [0.05, 0.1) is 29.7 Å². The van der Waals surface area contributed by atoms with Crippen molar-refractivity contribution in [2.45, 2.75) is 20.4 Å². The van der Waals surface area contributed by atoms with E-state index in [-0.39, 0.29) is 11.4 Å². The van der Waals surface area contributed by atoms with Gasteiger partial charge in [-0.15, -0.1) is 0 Å². The highest BCUT2D eigenvalue weighted by atomic mass is 35.5. The summed E-state index contributed by atoms with van der Waals surface area (Å²) in [5.41, 5.74) is 1.14. The van der Waals surface area contributed by atoms with Crippen molar-refractivity contribution < 1.29 is 19.1 Å². The summed E-state index contributed by atoms with van der Waals surface area (Å²) in [6.45, 7) is 4.55. The zero-order valence-electron chi connectivity index (χ0n) is 16.2. The van der Waals surface area contributed by atoms with Gasteiger partial charge >= 0.3 is 0 Å². The Labute approximate surface area is 193 Å². The molecule has 3 rings (SSSR count). The molecule has 0 bridgehead atoms. The second-order valence-corrected chi connectivity index (χ2v) is 8.38. The molecule has 2 aromatic carbocycles. The predicted molar refractivity (Wildman–Crippen MR) is 122 cm³/mol. The van der Waals surface area contributed by atoms with Crippen LogP contribution in [0.25, 0.3) is 6.08 Å². The lowest BCUT2D eigenvalue weighted by Crippen LogP contribution is -2.27. The lowest BCUT2D eigenvalue weighted by Gasteiger charge is -2.15. The first-order valence-corrected chi connectivity index (χ1v) is 11.1. The first-order valence-electron chi connectivity index (χ1n) is 9.13. The highest BCUT2D eigenvalue weighted by Gasteiger charge is 2.35. The van der Waals surface area contributed by atoms with Gasteiger partial charge in [0.15, 0.2) is 11.5 Å². The maximum Gasteiger partial charge on any atom is 0.293 e. The van der Waals surface area contributed by atoms with Gasteiger partial charge in [-0.25, -0.2) is 0 Å². The molecule has 5 nitrogen and oxygen atoms in total. The molecule has 0 atom stereocenters. The van der Waals surface area contributed by atoms with Crippen LogP contribution in [0.4, 0.5) is 4.79 Å². The van der Waals surface area contributed by atoms with Gasteiger partial charge in [-0.05, 0) is 61.5 Å². The van der Waals surface area contributed by atoms with Crippen LogP contribution in [0, 0.1) is 0 Å². The molecule has 0 N–H and O–H groups in total. The molecule has 1 saturated heterocycles. The summed E-state index contributed by atoms with van der Waals surface area (Å²) in [5.74, 6) is 0.490. The number of imide groups is 1. The smallest absolute Gasteiger partial charge is 0.293 e. The Kier molecular flexibility index (Phi) is 7.58. The van der Waals surface area contributed by atoms with Crippen LogP contribution < -0.4 is 9.47 Å². The van der Waals surface area contributed by atoms with Crippen molar-refractivity contribution in [3.63, 3.8) is 0 Å². The number of halogens is 3. The SMILES string of the molecule is CCOc1cc(/C=C2\SC(=O)N(Cc3c(Cl)cccc3Cl)C2=O)cc(Cl)c1OCC. The van der Waals surface area contributed by atoms with Crippen molar-refractivity contribution in [2.24, 2.45) is 0 Å². The Balaban J connectivity index is 1.90. The van der Waals surface area contributed by atoms with Crippen LogP contribution in [0.3, 0.4) is 0 Å². The normalized spacial score (nSPS) is 15.2. The molecule has 2 aromatic rings. The van der Waals surface area contributed by atoms with E-state index in [1.54, 1.807) is 36.4 Å². The number of rotatable bonds is 7. The number of thioether (sulfide) groups is 1. The maximum absolute atomic E-state index is 12.9. The molecule has 0 radical (unpaired) electrons. The molecule has 0 aliphatic carbocycles. The van der Waals surface area contributed by atoms with Gasteiger partial charge in [-0.1, -0.05) is 40.9 Å². The van der Waals surface area contributed by atoms with Gasteiger partial charge in [-0.3, -0.25) is 14.5 Å². The van der Waals surface area contributed by atoms with Crippen LogP contribution >= 0.6 is 46.6 Å². The maximum atomic E-state index is 12.9. The van der Waals surface area contributed by atoms with Crippen LogP contribution in [-0.4, -0.2) is 29.3 Å². The summed E-state index contributed by atoms with van der Waals surface area (Å²) in [7, 11) is 0. The van der Waals surface area contributed by atoms with Crippen molar-refractivity contribution in [3.05, 3.63) is 61.4 Å². The highest BCUT2D eigenvalue weighted by molar-refractivity contribution is 8.18. The Bertz CT molecular complexity index is 1010. The summed E-state index contributed by atoms with van der Waals surface area (Å²) in [4.78, 5) is 26.7. The number of hydrogen-bond acceptors (Lipinski definition) is 5. The minimum Gasteiger partial charge on any atom is -0.490 e. The van der Waals surface area contributed by atoms with E-state index in [0.29, 0.717) is 50.9 Å². The molecule has 1 aliphatic heterocycles. The summed E-state index contributed by atoms with van der Waals surface area (Å²) >= 11 is 19.5. The Hall–Kier alpha value is -1.86. The second-order valence-electron chi connectivity index (χ2n) is 6.16. The molecule has 1 aliphatic rings. The van der Waals surface area contributed by atoms with Crippen LogP contribution in [0.5, 0.6) is 11.5 Å². The first kappa shape index (κ1) is 22.8. The third-order valence-electron chi connectivity index (χ3n) is 4.17. The van der Waals surface area contributed by atoms with Gasteiger partial charge in [0.1, 0.15) is 0 Å². The van der Waals surface area contributed by atoms with E-state index in [2.05, 4.69) is 0 Å². The largest absolute Gasteiger partial charge is 0.490 e. The molecule has 2 amide bonds. The molecule has 0 unspecified atom stereocenters. The fraction of sp³-hybridized carbons (Fsp3) is 0.238. The van der Waals surface area contributed by atoms with Gasteiger partial charge in [0.25, 0.3) is 11.1 Å². The van der Waals surface area contributed by atoms with Crippen LogP contribution in [0.2, 0.25) is 15.1 Å². The van der Waals surface area contributed by atoms with Crippen molar-refractivity contribution in [2.75, 3.05) is 13.2 Å². The lowest BCUT2D eigenvalue weighted by atomic mass is 10.1. The average molecular weight is 487 g/mol. The first-order chi connectivity index (χ1) is 14.3. The number of benzene rings is 2. The summed E-state index contributed by atoms with van der Waals surface area (Å²) in [6.07, 6.45) is 1.60. The third-order valence-corrected chi connectivity index (χ3v) is 6.07. The van der Waals surface area contributed by atoms with Crippen molar-refractivity contribution >= 4 is 63.8 Å². The summed E-state index contributed by atoms with van der Waals surface area (Å²) in [6, 6.07) is 8.41. The van der Waals surface area contributed by atoms with Gasteiger partial charge in [0, 0.05) is 15.6 Å². The number of amides is 2. The van der Waals surface area contributed by atoms with Gasteiger partial charge in [-0.2, -0.15) is 0 Å². The number of nitrogens with zero attached hydrogens (tertiary/aromatic N) is 1. The van der Waals surface area contributed by atoms with E-state index < -0.39 is 11.1 Å². The van der Waals surface area contributed by atoms with Crippen LogP contribution in [0.1, 0.15) is 25.0 Å². The fourth-order valence-electron chi connectivity index (χ4n) is 2.85. The molecular formula is C21H18Cl3NO4S. The quantitative estimate of drug-likeness (QED) is 0.409. The monoisotopic (exact) mass is 485 g/mol. The van der Waals surface area contributed by atoms with Gasteiger partial charge < -0.3 is 9.47 Å². The molecule has 0 aromatic heterocycles. The van der Waals surface area contributed by atoms with Crippen LogP contribution in [0.15, 0.2) is 35.2 Å².